The Morgan fingerprint density at radius 2 is 1.79 bits per heavy atom. The fraction of sp³-hybridized carbons (Fsp3) is 0.292. The van der Waals surface area contributed by atoms with E-state index in [0.717, 1.165) is 5.56 Å². The number of carbonyl (C=O) groups is 3. The van der Waals surface area contributed by atoms with Gasteiger partial charge in [0.1, 0.15) is 17.9 Å². The number of nitrogens with one attached hydrogen (secondary N) is 2. The summed E-state index contributed by atoms with van der Waals surface area (Å²) in [6.45, 7) is 0. The molecule has 180 valence electrons. The maximum atomic E-state index is 12.9. The Kier molecular flexibility index (Phi) is 8.43. The van der Waals surface area contributed by atoms with Crippen molar-refractivity contribution in [1.29, 1.82) is 0 Å². The number of benzene rings is 2. The van der Waals surface area contributed by atoms with Crippen molar-refractivity contribution in [1.82, 2.24) is 10.6 Å². The van der Waals surface area contributed by atoms with Gasteiger partial charge in [0.05, 0.1) is 24.8 Å². The Bertz CT molecular complexity index is 1090. The van der Waals surface area contributed by atoms with Gasteiger partial charge in [-0.1, -0.05) is 30.3 Å². The number of rotatable bonds is 8. The Morgan fingerprint density at radius 1 is 1.12 bits per heavy atom. The van der Waals surface area contributed by atoms with Crippen LogP contribution < -0.4 is 21.1 Å². The summed E-state index contributed by atoms with van der Waals surface area (Å²) in [5.74, 6) is -1.18. The smallest absolute Gasteiger partial charge is 0.252 e. The normalized spacial score (nSPS) is 20.6. The molecule has 0 spiro atoms. The molecule has 0 saturated heterocycles. The number of hydrogen-bond donors (Lipinski definition) is 5. The fourth-order valence-electron chi connectivity index (χ4n) is 3.61. The lowest BCUT2D eigenvalue weighted by molar-refractivity contribution is -0.125. The number of ether oxygens (including phenoxy) is 1. The first kappa shape index (κ1) is 25.4. The molecule has 3 rings (SSSR count). The summed E-state index contributed by atoms with van der Waals surface area (Å²) < 4.78 is 5.67. The molecule has 0 radical (unpaired) electrons. The Hall–Kier alpha value is -3.21. The van der Waals surface area contributed by atoms with E-state index in [1.165, 1.54) is 6.08 Å². The number of primary amides is 1. The molecule has 0 aromatic heterocycles. The fourth-order valence-corrected chi connectivity index (χ4v) is 4.07. The quantitative estimate of drug-likeness (QED) is 0.340. The highest BCUT2D eigenvalue weighted by Crippen LogP contribution is 2.22. The van der Waals surface area contributed by atoms with Gasteiger partial charge in [-0.2, -0.15) is 0 Å². The topological polar surface area (TPSA) is 151 Å². The van der Waals surface area contributed by atoms with Gasteiger partial charge in [0.2, 0.25) is 11.8 Å². The summed E-state index contributed by atoms with van der Waals surface area (Å²) in [6, 6.07) is 11.7. The molecule has 2 aromatic rings. The van der Waals surface area contributed by atoms with Crippen LogP contribution >= 0.6 is 15.9 Å². The van der Waals surface area contributed by atoms with E-state index in [9.17, 15) is 24.6 Å². The summed E-state index contributed by atoms with van der Waals surface area (Å²) in [5, 5.41) is 25.9. The van der Waals surface area contributed by atoms with Crippen LogP contribution in [0.5, 0.6) is 5.75 Å². The lowest BCUT2D eigenvalue weighted by Gasteiger charge is -2.31. The summed E-state index contributed by atoms with van der Waals surface area (Å²) in [5.41, 5.74) is 6.71. The SMILES string of the molecule is COc1ccc(CC(NC(=O)C2=CC(NC(=O)c3ccccc3Br)C(O)C(O)C2)C(N)=O)cc1. The maximum absolute atomic E-state index is 12.9. The Morgan fingerprint density at radius 3 is 2.41 bits per heavy atom. The minimum absolute atomic E-state index is 0.121. The Balaban J connectivity index is 1.73. The zero-order chi connectivity index (χ0) is 24.8. The summed E-state index contributed by atoms with van der Waals surface area (Å²) in [4.78, 5) is 37.5. The van der Waals surface area contributed by atoms with Crippen LogP contribution in [0.4, 0.5) is 0 Å². The standard InChI is InChI=1S/C24H26BrN3O6/c1-34-15-8-6-13(7-9-15)10-19(22(26)31)28-23(32)14-11-18(21(30)20(29)12-14)27-24(33)16-4-2-3-5-17(16)25/h2-9,11,18-21,29-30H,10,12H2,1H3,(H2,26,31)(H,27,33)(H,28,32). The van der Waals surface area contributed by atoms with Crippen LogP contribution in [0.1, 0.15) is 22.3 Å². The number of aliphatic hydroxyl groups excluding tert-OH is 2. The Labute approximate surface area is 205 Å². The summed E-state index contributed by atoms with van der Waals surface area (Å²) in [7, 11) is 1.54. The second kappa shape index (κ2) is 11.3. The van der Waals surface area contributed by atoms with Gasteiger partial charge in [0.15, 0.2) is 0 Å². The molecule has 9 nitrogen and oxygen atoms in total. The van der Waals surface area contributed by atoms with Crippen LogP contribution in [0.3, 0.4) is 0 Å². The van der Waals surface area contributed by atoms with E-state index in [-0.39, 0.29) is 18.4 Å². The number of halogens is 1. The predicted octanol–water partition coefficient (Wildman–Crippen LogP) is 0.821. The van der Waals surface area contributed by atoms with E-state index in [1.54, 1.807) is 55.6 Å². The van der Waals surface area contributed by atoms with Crippen molar-refractivity contribution in [3.63, 3.8) is 0 Å². The van der Waals surface area contributed by atoms with Gasteiger partial charge >= 0.3 is 0 Å². The number of aliphatic hydroxyl groups is 2. The second-order valence-corrected chi connectivity index (χ2v) is 8.77. The van der Waals surface area contributed by atoms with Gasteiger partial charge in [0.25, 0.3) is 5.91 Å². The van der Waals surface area contributed by atoms with Crippen LogP contribution in [-0.4, -0.2) is 59.3 Å². The zero-order valence-electron chi connectivity index (χ0n) is 18.4. The first-order chi connectivity index (χ1) is 16.2. The third-order valence-corrected chi connectivity index (χ3v) is 6.22. The van der Waals surface area contributed by atoms with E-state index in [2.05, 4.69) is 26.6 Å². The molecule has 1 aliphatic carbocycles. The molecule has 0 bridgehead atoms. The average Bonchev–Trinajstić information content (AvgIpc) is 2.81. The van der Waals surface area contributed by atoms with Gasteiger partial charge in [0, 0.05) is 22.9 Å². The second-order valence-electron chi connectivity index (χ2n) is 7.91. The van der Waals surface area contributed by atoms with Crippen molar-refractivity contribution in [2.24, 2.45) is 5.73 Å². The molecule has 0 heterocycles. The third kappa shape index (κ3) is 6.22. The highest BCUT2D eigenvalue weighted by atomic mass is 79.9. The molecular weight excluding hydrogens is 506 g/mol. The zero-order valence-corrected chi connectivity index (χ0v) is 20.0. The number of hydrogen-bond acceptors (Lipinski definition) is 6. The lowest BCUT2D eigenvalue weighted by atomic mass is 9.89. The largest absolute Gasteiger partial charge is 0.497 e. The number of methoxy groups -OCH3 is 1. The molecule has 3 amide bonds. The van der Waals surface area contributed by atoms with Gasteiger partial charge in [-0.25, -0.2) is 0 Å². The van der Waals surface area contributed by atoms with Crippen molar-refractivity contribution >= 4 is 33.7 Å². The molecule has 0 fully saturated rings. The maximum Gasteiger partial charge on any atom is 0.252 e. The first-order valence-electron chi connectivity index (χ1n) is 10.5. The molecular formula is C24H26BrN3O6. The van der Waals surface area contributed by atoms with Gasteiger partial charge in [-0.05, 0) is 45.8 Å². The number of amides is 3. The minimum Gasteiger partial charge on any atom is -0.497 e. The average molecular weight is 532 g/mol. The third-order valence-electron chi connectivity index (χ3n) is 5.53. The molecule has 0 saturated carbocycles. The van der Waals surface area contributed by atoms with E-state index in [0.29, 0.717) is 15.8 Å². The molecule has 10 heteroatoms. The van der Waals surface area contributed by atoms with E-state index < -0.39 is 42.0 Å². The number of carbonyl (C=O) groups excluding carboxylic acids is 3. The highest BCUT2D eigenvalue weighted by Gasteiger charge is 2.34. The molecule has 4 unspecified atom stereocenters. The van der Waals surface area contributed by atoms with Crippen molar-refractivity contribution in [2.45, 2.75) is 37.1 Å². The van der Waals surface area contributed by atoms with Crippen LogP contribution in [0.2, 0.25) is 0 Å². The molecule has 34 heavy (non-hydrogen) atoms. The predicted molar refractivity (Wildman–Crippen MR) is 128 cm³/mol. The summed E-state index contributed by atoms with van der Waals surface area (Å²) >= 11 is 3.30. The van der Waals surface area contributed by atoms with E-state index in [1.807, 2.05) is 0 Å². The highest BCUT2D eigenvalue weighted by molar-refractivity contribution is 9.10. The van der Waals surface area contributed by atoms with Crippen molar-refractivity contribution in [2.75, 3.05) is 7.11 Å². The minimum atomic E-state index is -1.31. The number of nitrogens with two attached hydrogens (primary N) is 1. The van der Waals surface area contributed by atoms with Crippen molar-refractivity contribution in [3.05, 3.63) is 75.8 Å². The summed E-state index contributed by atoms with van der Waals surface area (Å²) in [6.07, 6.45) is -1.21. The van der Waals surface area contributed by atoms with Crippen LogP contribution in [0, 0.1) is 0 Å². The van der Waals surface area contributed by atoms with Gasteiger partial charge in [-0.3, -0.25) is 14.4 Å². The van der Waals surface area contributed by atoms with Crippen LogP contribution in [0.15, 0.2) is 64.7 Å². The molecule has 0 aliphatic heterocycles. The molecule has 6 N–H and O–H groups in total. The van der Waals surface area contributed by atoms with Crippen molar-refractivity contribution in [3.8, 4) is 5.75 Å². The molecule has 4 atom stereocenters. The van der Waals surface area contributed by atoms with Gasteiger partial charge < -0.3 is 31.3 Å². The van der Waals surface area contributed by atoms with Crippen LogP contribution in [0.25, 0.3) is 0 Å². The monoisotopic (exact) mass is 531 g/mol. The van der Waals surface area contributed by atoms with Crippen molar-refractivity contribution < 1.29 is 29.3 Å². The van der Waals surface area contributed by atoms with Crippen LogP contribution in [-0.2, 0) is 16.0 Å². The lowest BCUT2D eigenvalue weighted by Crippen LogP contribution is -2.52. The first-order valence-corrected chi connectivity index (χ1v) is 11.3. The molecule has 2 aromatic carbocycles. The molecule has 1 aliphatic rings. The van der Waals surface area contributed by atoms with E-state index in [4.69, 9.17) is 10.5 Å². The van der Waals surface area contributed by atoms with E-state index >= 15 is 0 Å². The van der Waals surface area contributed by atoms with Gasteiger partial charge in [-0.15, -0.1) is 0 Å².